The third-order valence-corrected chi connectivity index (χ3v) is 4.59. The fourth-order valence-corrected chi connectivity index (χ4v) is 3.14. The molecule has 0 bridgehead atoms. The molecular formula is C19H15Cl2N3O. The lowest BCUT2D eigenvalue weighted by Crippen LogP contribution is -2.20. The summed E-state index contributed by atoms with van der Waals surface area (Å²) in [6.07, 6.45) is 3.34. The fourth-order valence-electron chi connectivity index (χ4n) is 2.90. The Hall–Kier alpha value is -2.35. The monoisotopic (exact) mass is 371 g/mol. The minimum Gasteiger partial charge on any atom is -0.369 e. The molecule has 2 heterocycles. The molecule has 0 atom stereocenters. The quantitative estimate of drug-likeness (QED) is 0.339. The summed E-state index contributed by atoms with van der Waals surface area (Å²) in [5.74, 6) is -0.268. The van der Waals surface area contributed by atoms with E-state index in [0.29, 0.717) is 28.7 Å². The number of rotatable bonds is 4. The van der Waals surface area contributed by atoms with Crippen LogP contribution in [0.5, 0.6) is 0 Å². The number of Topliss-reactive ketones (excluding diaryl/α,β-unsaturated/α-hetero) is 1. The van der Waals surface area contributed by atoms with E-state index in [1.807, 2.05) is 6.07 Å². The van der Waals surface area contributed by atoms with Gasteiger partial charge in [0.1, 0.15) is 16.8 Å². The maximum Gasteiger partial charge on any atom is 0.205 e. The number of nitriles is 1. The van der Waals surface area contributed by atoms with E-state index in [1.165, 1.54) is 0 Å². The molecule has 3 rings (SSSR count). The number of benzene rings is 1. The predicted octanol–water partition coefficient (Wildman–Crippen LogP) is 4.64. The summed E-state index contributed by atoms with van der Waals surface area (Å²) in [6, 6.07) is 12.3. The molecule has 1 aromatic heterocycles. The van der Waals surface area contributed by atoms with Crippen molar-refractivity contribution in [2.24, 2.45) is 0 Å². The first-order valence-electron chi connectivity index (χ1n) is 7.87. The summed E-state index contributed by atoms with van der Waals surface area (Å²) in [4.78, 5) is 18.9. The van der Waals surface area contributed by atoms with Gasteiger partial charge in [-0.1, -0.05) is 29.3 Å². The van der Waals surface area contributed by atoms with Gasteiger partial charge in [-0.2, -0.15) is 5.26 Å². The molecule has 1 saturated heterocycles. The van der Waals surface area contributed by atoms with Crippen molar-refractivity contribution in [2.75, 3.05) is 6.54 Å². The molecule has 1 aliphatic rings. The summed E-state index contributed by atoms with van der Waals surface area (Å²) >= 11 is 11.7. The molecule has 1 fully saturated rings. The van der Waals surface area contributed by atoms with Crippen LogP contribution in [0.15, 0.2) is 53.9 Å². The van der Waals surface area contributed by atoms with Gasteiger partial charge in [0.15, 0.2) is 0 Å². The van der Waals surface area contributed by atoms with Crippen LogP contribution in [0.1, 0.15) is 28.8 Å². The molecule has 0 N–H and O–H groups in total. The van der Waals surface area contributed by atoms with Crippen LogP contribution in [0.2, 0.25) is 10.2 Å². The topological polar surface area (TPSA) is 57.0 Å². The summed E-state index contributed by atoms with van der Waals surface area (Å²) in [6.45, 7) is 1.40. The fraction of sp³-hybridized carbons (Fsp3) is 0.211. The Morgan fingerprint density at radius 1 is 1.20 bits per heavy atom. The maximum absolute atomic E-state index is 12.7. The third-order valence-electron chi connectivity index (χ3n) is 4.12. The Morgan fingerprint density at radius 3 is 2.60 bits per heavy atom. The van der Waals surface area contributed by atoms with Gasteiger partial charge < -0.3 is 4.90 Å². The number of carbonyl (C=O) groups is 1. The molecule has 1 aromatic carbocycles. The minimum absolute atomic E-state index is 0.196. The molecule has 0 saturated carbocycles. The molecule has 0 radical (unpaired) electrons. The van der Waals surface area contributed by atoms with Crippen molar-refractivity contribution >= 4 is 29.0 Å². The van der Waals surface area contributed by atoms with E-state index in [-0.39, 0.29) is 11.4 Å². The molecule has 6 heteroatoms. The molecule has 0 unspecified atom stereocenters. The SMILES string of the molecule is N#C/C(C(=O)c1ccc(Cl)cc1)=C1/CCCN1Cc1ccc(Cl)nc1. The number of allylic oxidation sites excluding steroid dienone is 2. The summed E-state index contributed by atoms with van der Waals surface area (Å²) < 4.78 is 0. The van der Waals surface area contributed by atoms with Gasteiger partial charge in [0.2, 0.25) is 5.78 Å². The van der Waals surface area contributed by atoms with Gasteiger partial charge in [0, 0.05) is 35.6 Å². The zero-order chi connectivity index (χ0) is 17.8. The van der Waals surface area contributed by atoms with E-state index in [0.717, 1.165) is 24.2 Å². The number of pyridine rings is 1. The van der Waals surface area contributed by atoms with Gasteiger partial charge in [-0.3, -0.25) is 4.79 Å². The molecule has 25 heavy (non-hydrogen) atoms. The second kappa shape index (κ2) is 7.69. The molecule has 1 aliphatic heterocycles. The standard InChI is InChI=1S/C19H15Cl2N3O/c20-15-6-4-14(5-7-15)19(25)16(10-22)17-2-1-9-24(17)12-13-3-8-18(21)23-11-13/h3-8,11H,1-2,9,12H2/b17-16+. The highest BCUT2D eigenvalue weighted by Crippen LogP contribution is 2.28. The van der Waals surface area contributed by atoms with Crippen LogP contribution in [0.3, 0.4) is 0 Å². The average molecular weight is 372 g/mol. The Kier molecular flexibility index (Phi) is 5.37. The number of hydrogen-bond acceptors (Lipinski definition) is 4. The Bertz CT molecular complexity index is 852. The van der Waals surface area contributed by atoms with E-state index >= 15 is 0 Å². The smallest absolute Gasteiger partial charge is 0.205 e. The highest BCUT2D eigenvalue weighted by molar-refractivity contribution is 6.30. The summed E-state index contributed by atoms with van der Waals surface area (Å²) in [5.41, 5.74) is 2.44. The van der Waals surface area contributed by atoms with Crippen molar-refractivity contribution in [2.45, 2.75) is 19.4 Å². The van der Waals surface area contributed by atoms with Crippen molar-refractivity contribution in [3.05, 3.63) is 75.2 Å². The lowest BCUT2D eigenvalue weighted by molar-refractivity contribution is 0.103. The highest BCUT2D eigenvalue weighted by atomic mass is 35.5. The first-order chi connectivity index (χ1) is 12.1. The number of hydrogen-bond donors (Lipinski definition) is 0. The maximum atomic E-state index is 12.7. The minimum atomic E-state index is -0.268. The zero-order valence-electron chi connectivity index (χ0n) is 13.4. The summed E-state index contributed by atoms with van der Waals surface area (Å²) in [5, 5.41) is 10.6. The molecule has 126 valence electrons. The van der Waals surface area contributed by atoms with Gasteiger partial charge >= 0.3 is 0 Å². The van der Waals surface area contributed by atoms with Crippen molar-refractivity contribution in [3.8, 4) is 6.07 Å². The van der Waals surface area contributed by atoms with Gasteiger partial charge in [-0.05, 0) is 48.7 Å². The van der Waals surface area contributed by atoms with Gasteiger partial charge in [-0.15, -0.1) is 0 Å². The van der Waals surface area contributed by atoms with Crippen molar-refractivity contribution < 1.29 is 4.79 Å². The molecular weight excluding hydrogens is 357 g/mol. The van der Waals surface area contributed by atoms with Crippen molar-refractivity contribution in [1.29, 1.82) is 5.26 Å². The molecule has 4 nitrogen and oxygen atoms in total. The van der Waals surface area contributed by atoms with Crippen LogP contribution >= 0.6 is 23.2 Å². The first kappa shape index (κ1) is 17.5. The van der Waals surface area contributed by atoms with E-state index < -0.39 is 0 Å². The Balaban J connectivity index is 1.88. The van der Waals surface area contributed by atoms with Crippen molar-refractivity contribution in [1.82, 2.24) is 9.88 Å². The number of ketones is 1. The van der Waals surface area contributed by atoms with Crippen LogP contribution in [0.4, 0.5) is 0 Å². The van der Waals surface area contributed by atoms with Crippen LogP contribution in [-0.2, 0) is 6.54 Å². The van der Waals surface area contributed by atoms with Gasteiger partial charge in [0.25, 0.3) is 0 Å². The molecule has 0 aliphatic carbocycles. The van der Waals surface area contributed by atoms with Crippen LogP contribution in [0.25, 0.3) is 0 Å². The zero-order valence-corrected chi connectivity index (χ0v) is 14.9. The number of carbonyl (C=O) groups excluding carboxylic acids is 1. The predicted molar refractivity (Wildman–Crippen MR) is 97.3 cm³/mol. The largest absolute Gasteiger partial charge is 0.369 e. The molecule has 2 aromatic rings. The lowest BCUT2D eigenvalue weighted by Gasteiger charge is -2.21. The second-order valence-corrected chi connectivity index (χ2v) is 6.61. The van der Waals surface area contributed by atoms with Crippen LogP contribution < -0.4 is 0 Å². The number of halogens is 2. The van der Waals surface area contributed by atoms with E-state index in [2.05, 4.69) is 16.0 Å². The molecule has 0 spiro atoms. The third kappa shape index (κ3) is 4.01. The first-order valence-corrected chi connectivity index (χ1v) is 8.63. The van der Waals surface area contributed by atoms with E-state index in [9.17, 15) is 10.1 Å². The number of aromatic nitrogens is 1. The van der Waals surface area contributed by atoms with Gasteiger partial charge in [-0.25, -0.2) is 4.98 Å². The van der Waals surface area contributed by atoms with Crippen LogP contribution in [0, 0.1) is 11.3 Å². The van der Waals surface area contributed by atoms with Gasteiger partial charge in [0.05, 0.1) is 0 Å². The number of nitrogens with zero attached hydrogens (tertiary/aromatic N) is 3. The molecule has 0 amide bonds. The highest BCUT2D eigenvalue weighted by Gasteiger charge is 2.25. The normalized spacial score (nSPS) is 15.8. The van der Waals surface area contributed by atoms with E-state index in [1.54, 1.807) is 36.5 Å². The second-order valence-electron chi connectivity index (χ2n) is 5.78. The van der Waals surface area contributed by atoms with E-state index in [4.69, 9.17) is 23.2 Å². The Labute approximate surface area is 156 Å². The average Bonchev–Trinajstić information content (AvgIpc) is 3.06. The summed E-state index contributed by atoms with van der Waals surface area (Å²) in [7, 11) is 0. The Morgan fingerprint density at radius 2 is 1.96 bits per heavy atom. The lowest BCUT2D eigenvalue weighted by atomic mass is 10.0. The number of likely N-dealkylation sites (tertiary alicyclic amines) is 1. The van der Waals surface area contributed by atoms with Crippen LogP contribution in [-0.4, -0.2) is 22.2 Å². The van der Waals surface area contributed by atoms with Crippen molar-refractivity contribution in [3.63, 3.8) is 0 Å².